The van der Waals surface area contributed by atoms with Crippen LogP contribution in [0.2, 0.25) is 0 Å². The van der Waals surface area contributed by atoms with Crippen molar-refractivity contribution in [1.29, 1.82) is 0 Å². The molecule has 26 heavy (non-hydrogen) atoms. The number of nitrogens with one attached hydrogen (secondary N) is 2. The highest BCUT2D eigenvalue weighted by Gasteiger charge is 2.33. The molecule has 0 aliphatic rings. The fraction of sp³-hybridized carbons (Fsp3) is 0.412. The van der Waals surface area contributed by atoms with Crippen LogP contribution in [0.15, 0.2) is 28.6 Å². The molecule has 2 rings (SSSR count). The van der Waals surface area contributed by atoms with Crippen molar-refractivity contribution >= 4 is 17.3 Å². The van der Waals surface area contributed by atoms with Crippen molar-refractivity contribution < 1.29 is 17.9 Å². The minimum absolute atomic E-state index is 0.170. The van der Waals surface area contributed by atoms with Crippen molar-refractivity contribution in [1.82, 2.24) is 15.6 Å². The number of hydrogen-bond donors (Lipinski definition) is 2. The molecule has 0 amide bonds. The van der Waals surface area contributed by atoms with E-state index in [2.05, 4.69) is 20.6 Å². The molecule has 2 aromatic rings. The van der Waals surface area contributed by atoms with Crippen molar-refractivity contribution in [3.63, 3.8) is 0 Å². The molecule has 1 heterocycles. The average Bonchev–Trinajstić information content (AvgIpc) is 3.08. The van der Waals surface area contributed by atoms with Gasteiger partial charge in [-0.25, -0.2) is 9.98 Å². The fourth-order valence-electron chi connectivity index (χ4n) is 2.16. The molecule has 0 aliphatic heterocycles. The number of nitrogens with zero attached hydrogens (tertiary/aromatic N) is 2. The molecule has 1 aromatic heterocycles. The maximum absolute atomic E-state index is 12.6. The van der Waals surface area contributed by atoms with E-state index in [4.69, 9.17) is 4.74 Å². The first kappa shape index (κ1) is 20.0. The van der Waals surface area contributed by atoms with Crippen molar-refractivity contribution in [2.45, 2.75) is 33.1 Å². The molecule has 142 valence electrons. The summed E-state index contributed by atoms with van der Waals surface area (Å²) < 4.78 is 43.1. The number of rotatable bonds is 6. The second-order valence-corrected chi connectivity index (χ2v) is 6.42. The highest BCUT2D eigenvalue weighted by atomic mass is 32.1. The van der Waals surface area contributed by atoms with Gasteiger partial charge < -0.3 is 15.4 Å². The molecule has 0 atom stereocenters. The number of methoxy groups -OCH3 is 1. The zero-order valence-electron chi connectivity index (χ0n) is 14.8. The van der Waals surface area contributed by atoms with Gasteiger partial charge in [-0.15, -0.1) is 11.3 Å². The first-order chi connectivity index (χ1) is 12.3. The zero-order chi connectivity index (χ0) is 19.2. The number of thiazole rings is 1. The Bertz CT molecular complexity index is 759. The summed E-state index contributed by atoms with van der Waals surface area (Å²) in [5, 5.41) is 7.42. The van der Waals surface area contributed by atoms with Crippen LogP contribution in [-0.2, 0) is 19.3 Å². The predicted molar refractivity (Wildman–Crippen MR) is 96.5 cm³/mol. The lowest BCUT2D eigenvalue weighted by Crippen LogP contribution is -2.36. The second kappa shape index (κ2) is 8.88. The summed E-state index contributed by atoms with van der Waals surface area (Å²) in [5.74, 6) is 1.30. The van der Waals surface area contributed by atoms with E-state index >= 15 is 0 Å². The first-order valence-corrected chi connectivity index (χ1v) is 8.88. The smallest absolute Gasteiger partial charge is 0.434 e. The minimum Gasteiger partial charge on any atom is -0.496 e. The van der Waals surface area contributed by atoms with Crippen LogP contribution >= 0.6 is 11.3 Å². The second-order valence-electron chi connectivity index (χ2n) is 5.48. The molecule has 0 saturated carbocycles. The van der Waals surface area contributed by atoms with Gasteiger partial charge in [-0.1, -0.05) is 12.1 Å². The maximum atomic E-state index is 12.6. The van der Waals surface area contributed by atoms with E-state index in [0.717, 1.165) is 33.6 Å². The quantitative estimate of drug-likeness (QED) is 0.587. The Kier molecular flexibility index (Phi) is 6.84. The number of benzene rings is 1. The standard InChI is InChI=1S/C17H21F3N4OS/c1-4-21-16(22-8-12-6-5-11(2)13(7-12)25-3)23-9-15-24-14(10-26-15)17(18,19)20/h5-7,10H,4,8-9H2,1-3H3,(H2,21,22,23). The number of halogens is 3. The monoisotopic (exact) mass is 386 g/mol. The van der Waals surface area contributed by atoms with Gasteiger partial charge in [0.05, 0.1) is 20.2 Å². The van der Waals surface area contributed by atoms with E-state index < -0.39 is 11.9 Å². The minimum atomic E-state index is -4.42. The number of alkyl halides is 3. The number of aryl methyl sites for hydroxylation is 1. The third kappa shape index (κ3) is 5.62. The van der Waals surface area contributed by atoms with Crippen LogP contribution in [0.1, 0.15) is 28.8 Å². The normalized spacial score (nSPS) is 12.2. The van der Waals surface area contributed by atoms with Gasteiger partial charge in [0.25, 0.3) is 0 Å². The lowest BCUT2D eigenvalue weighted by Gasteiger charge is -2.11. The molecular weight excluding hydrogens is 365 g/mol. The third-order valence-electron chi connectivity index (χ3n) is 3.49. The number of guanidine groups is 1. The summed E-state index contributed by atoms with van der Waals surface area (Å²) >= 11 is 0.965. The van der Waals surface area contributed by atoms with Crippen LogP contribution in [0.4, 0.5) is 13.2 Å². The van der Waals surface area contributed by atoms with Gasteiger partial charge in [0.1, 0.15) is 10.8 Å². The highest BCUT2D eigenvalue weighted by molar-refractivity contribution is 7.09. The summed E-state index contributed by atoms with van der Waals surface area (Å²) in [6.07, 6.45) is -4.42. The molecular formula is C17H21F3N4OS. The number of aromatic nitrogens is 1. The molecule has 0 bridgehead atoms. The van der Waals surface area contributed by atoms with Gasteiger partial charge in [0.15, 0.2) is 11.7 Å². The van der Waals surface area contributed by atoms with E-state index in [1.807, 2.05) is 32.0 Å². The Morgan fingerprint density at radius 3 is 2.69 bits per heavy atom. The first-order valence-electron chi connectivity index (χ1n) is 8.00. The summed E-state index contributed by atoms with van der Waals surface area (Å²) in [6.45, 7) is 5.09. The molecule has 9 heteroatoms. The summed E-state index contributed by atoms with van der Waals surface area (Å²) in [5.41, 5.74) is 1.14. The lowest BCUT2D eigenvalue weighted by atomic mass is 10.1. The Hall–Kier alpha value is -2.29. The van der Waals surface area contributed by atoms with E-state index in [0.29, 0.717) is 24.1 Å². The fourth-order valence-corrected chi connectivity index (χ4v) is 2.90. The topological polar surface area (TPSA) is 58.5 Å². The van der Waals surface area contributed by atoms with Gasteiger partial charge in [0, 0.05) is 11.9 Å². The van der Waals surface area contributed by atoms with E-state index in [9.17, 15) is 13.2 Å². The van der Waals surface area contributed by atoms with Gasteiger partial charge >= 0.3 is 6.18 Å². The van der Waals surface area contributed by atoms with Crippen molar-refractivity contribution in [2.24, 2.45) is 4.99 Å². The van der Waals surface area contributed by atoms with Crippen LogP contribution in [-0.4, -0.2) is 24.6 Å². The maximum Gasteiger partial charge on any atom is 0.434 e. The van der Waals surface area contributed by atoms with Gasteiger partial charge in [-0.3, -0.25) is 0 Å². The lowest BCUT2D eigenvalue weighted by molar-refractivity contribution is -0.140. The Morgan fingerprint density at radius 2 is 2.08 bits per heavy atom. The Labute approximate surface area is 154 Å². The predicted octanol–water partition coefficient (Wildman–Crippen LogP) is 3.73. The Morgan fingerprint density at radius 1 is 1.31 bits per heavy atom. The van der Waals surface area contributed by atoms with Crippen molar-refractivity contribution in [3.8, 4) is 5.75 Å². The highest BCUT2D eigenvalue weighted by Crippen LogP contribution is 2.29. The van der Waals surface area contributed by atoms with Crippen LogP contribution in [0.3, 0.4) is 0 Å². The number of hydrogen-bond acceptors (Lipinski definition) is 4. The molecule has 0 unspecified atom stereocenters. The van der Waals surface area contributed by atoms with Crippen molar-refractivity contribution in [3.05, 3.63) is 45.4 Å². The zero-order valence-corrected chi connectivity index (χ0v) is 15.6. The molecule has 1 aromatic carbocycles. The van der Waals surface area contributed by atoms with Gasteiger partial charge in [-0.2, -0.15) is 13.2 Å². The van der Waals surface area contributed by atoms with E-state index in [1.54, 1.807) is 7.11 Å². The molecule has 5 nitrogen and oxygen atoms in total. The number of ether oxygens (including phenoxy) is 1. The van der Waals surface area contributed by atoms with Crippen LogP contribution < -0.4 is 15.4 Å². The number of aliphatic imine (C=N–C) groups is 1. The molecule has 2 N–H and O–H groups in total. The summed E-state index contributed by atoms with van der Waals surface area (Å²) in [4.78, 5) is 8.05. The van der Waals surface area contributed by atoms with Gasteiger partial charge in [0.2, 0.25) is 0 Å². The van der Waals surface area contributed by atoms with Crippen LogP contribution in [0.5, 0.6) is 5.75 Å². The Balaban J connectivity index is 2.01. The van der Waals surface area contributed by atoms with Crippen LogP contribution in [0, 0.1) is 6.92 Å². The van der Waals surface area contributed by atoms with Gasteiger partial charge in [-0.05, 0) is 31.0 Å². The van der Waals surface area contributed by atoms with Crippen molar-refractivity contribution in [2.75, 3.05) is 13.7 Å². The largest absolute Gasteiger partial charge is 0.496 e. The SMILES string of the molecule is CCNC(=NCc1ccc(C)c(OC)c1)NCc1nc(C(F)(F)F)cs1. The molecule has 0 spiro atoms. The van der Waals surface area contributed by atoms with Crippen LogP contribution in [0.25, 0.3) is 0 Å². The third-order valence-corrected chi connectivity index (χ3v) is 4.33. The summed E-state index contributed by atoms with van der Waals surface area (Å²) in [7, 11) is 1.62. The molecule has 0 saturated heterocycles. The molecule has 0 fully saturated rings. The summed E-state index contributed by atoms with van der Waals surface area (Å²) in [6, 6.07) is 5.83. The average molecular weight is 386 g/mol. The molecule has 0 aliphatic carbocycles. The van der Waals surface area contributed by atoms with E-state index in [-0.39, 0.29) is 6.54 Å². The van der Waals surface area contributed by atoms with E-state index in [1.165, 1.54) is 0 Å². The molecule has 0 radical (unpaired) electrons.